The maximum absolute atomic E-state index is 13.1. The first-order valence-electron chi connectivity index (χ1n) is 11.9. The Kier molecular flexibility index (Phi) is 6.48. The fourth-order valence-electron chi connectivity index (χ4n) is 4.39. The van der Waals surface area contributed by atoms with E-state index >= 15 is 0 Å². The van der Waals surface area contributed by atoms with Crippen LogP contribution < -0.4 is 10.1 Å². The molecule has 2 aromatic carbocycles. The normalized spacial score (nSPS) is 14.1. The standard InChI is InChI=1S/C28H28N4O3/c1-20-10-11-26-29-24(18-32(26)17-20)19-35-25-9-5-6-22(16-25)28(34)31-14-12-21(13-15-31)27(33)30-23-7-3-2-4-8-23/h2-11,16-18,21H,12-15,19H2,1H3,(H,30,33). The number of nitrogens with zero attached hydrogens (tertiary/aromatic N) is 3. The van der Waals surface area contributed by atoms with E-state index in [9.17, 15) is 9.59 Å². The number of amides is 2. The average molecular weight is 469 g/mol. The largest absolute Gasteiger partial charge is 0.487 e. The molecule has 178 valence electrons. The van der Waals surface area contributed by atoms with Crippen molar-refractivity contribution in [2.75, 3.05) is 18.4 Å². The van der Waals surface area contributed by atoms with Crippen molar-refractivity contribution >= 4 is 23.1 Å². The van der Waals surface area contributed by atoms with E-state index in [1.54, 1.807) is 12.1 Å². The lowest BCUT2D eigenvalue weighted by Crippen LogP contribution is -2.41. The Hall–Kier alpha value is -4.13. The molecule has 5 rings (SSSR count). The van der Waals surface area contributed by atoms with Crippen LogP contribution in [0, 0.1) is 12.8 Å². The monoisotopic (exact) mass is 468 g/mol. The highest BCUT2D eigenvalue weighted by Gasteiger charge is 2.28. The van der Waals surface area contributed by atoms with Gasteiger partial charge in [-0.15, -0.1) is 0 Å². The number of rotatable bonds is 6. The van der Waals surface area contributed by atoms with Crippen molar-refractivity contribution < 1.29 is 14.3 Å². The number of likely N-dealkylation sites (tertiary alicyclic amines) is 1. The van der Waals surface area contributed by atoms with Crippen molar-refractivity contribution in [1.82, 2.24) is 14.3 Å². The minimum Gasteiger partial charge on any atom is -0.487 e. The molecule has 0 saturated carbocycles. The summed E-state index contributed by atoms with van der Waals surface area (Å²) in [6, 6.07) is 20.7. The molecule has 1 fully saturated rings. The number of carbonyl (C=O) groups is 2. The topological polar surface area (TPSA) is 75.9 Å². The first-order valence-corrected chi connectivity index (χ1v) is 11.9. The molecule has 2 aromatic heterocycles. The summed E-state index contributed by atoms with van der Waals surface area (Å²) >= 11 is 0. The minimum absolute atomic E-state index is 0.0146. The predicted molar refractivity (Wildman–Crippen MR) is 134 cm³/mol. The molecule has 7 heteroatoms. The number of benzene rings is 2. The number of carbonyl (C=O) groups excluding carboxylic acids is 2. The van der Waals surface area contributed by atoms with Crippen molar-refractivity contribution in [1.29, 1.82) is 0 Å². The number of ether oxygens (including phenoxy) is 1. The molecule has 0 aliphatic carbocycles. The van der Waals surface area contributed by atoms with E-state index < -0.39 is 0 Å². The first kappa shape index (κ1) is 22.7. The Morgan fingerprint density at radius 2 is 1.80 bits per heavy atom. The van der Waals surface area contributed by atoms with Crippen molar-refractivity contribution in [3.63, 3.8) is 0 Å². The molecule has 0 radical (unpaired) electrons. The van der Waals surface area contributed by atoms with Gasteiger partial charge >= 0.3 is 0 Å². The summed E-state index contributed by atoms with van der Waals surface area (Å²) in [4.78, 5) is 32.1. The fourth-order valence-corrected chi connectivity index (χ4v) is 4.39. The van der Waals surface area contributed by atoms with Crippen LogP contribution >= 0.6 is 0 Å². The number of aryl methyl sites for hydroxylation is 1. The molecular formula is C28H28N4O3. The lowest BCUT2D eigenvalue weighted by atomic mass is 9.95. The van der Waals surface area contributed by atoms with Crippen LogP contribution in [0.1, 0.15) is 34.5 Å². The lowest BCUT2D eigenvalue weighted by Gasteiger charge is -2.31. The Morgan fingerprint density at radius 3 is 2.60 bits per heavy atom. The number of aromatic nitrogens is 2. The van der Waals surface area contributed by atoms with Gasteiger partial charge in [0.05, 0.1) is 5.69 Å². The van der Waals surface area contributed by atoms with E-state index in [2.05, 4.69) is 10.3 Å². The summed E-state index contributed by atoms with van der Waals surface area (Å²) in [5.74, 6) is 0.505. The minimum atomic E-state index is -0.0943. The molecular weight excluding hydrogens is 440 g/mol. The summed E-state index contributed by atoms with van der Waals surface area (Å²) < 4.78 is 7.92. The van der Waals surface area contributed by atoms with Gasteiger partial charge in [-0.3, -0.25) is 9.59 Å². The van der Waals surface area contributed by atoms with Crippen molar-refractivity contribution in [2.24, 2.45) is 5.92 Å². The zero-order chi connectivity index (χ0) is 24.2. The van der Waals surface area contributed by atoms with Gasteiger partial charge in [-0.1, -0.05) is 30.3 Å². The number of hydrogen-bond acceptors (Lipinski definition) is 4. The number of para-hydroxylation sites is 1. The summed E-state index contributed by atoms with van der Waals surface area (Å²) in [6.07, 6.45) is 5.27. The van der Waals surface area contributed by atoms with Gasteiger partial charge in [0.25, 0.3) is 5.91 Å². The maximum Gasteiger partial charge on any atom is 0.253 e. The lowest BCUT2D eigenvalue weighted by molar-refractivity contribution is -0.121. The summed E-state index contributed by atoms with van der Waals surface area (Å²) in [7, 11) is 0. The third kappa shape index (κ3) is 5.35. The molecule has 3 heterocycles. The third-order valence-electron chi connectivity index (χ3n) is 6.31. The molecule has 1 N–H and O–H groups in total. The molecule has 1 saturated heterocycles. The second-order valence-electron chi connectivity index (χ2n) is 8.94. The molecule has 1 aliphatic rings. The number of nitrogens with one attached hydrogen (secondary N) is 1. The Morgan fingerprint density at radius 1 is 1.00 bits per heavy atom. The maximum atomic E-state index is 13.1. The van der Waals surface area contributed by atoms with E-state index in [4.69, 9.17) is 4.74 Å². The van der Waals surface area contributed by atoms with Crippen molar-refractivity contribution in [2.45, 2.75) is 26.4 Å². The highest BCUT2D eigenvalue weighted by molar-refractivity contribution is 5.95. The summed E-state index contributed by atoms with van der Waals surface area (Å²) in [5, 5.41) is 2.97. The first-order chi connectivity index (χ1) is 17.0. The van der Waals surface area contributed by atoms with Crippen LogP contribution in [0.3, 0.4) is 0 Å². The van der Waals surface area contributed by atoms with E-state index in [-0.39, 0.29) is 17.7 Å². The molecule has 35 heavy (non-hydrogen) atoms. The van der Waals surface area contributed by atoms with Crippen LogP contribution in [-0.4, -0.2) is 39.2 Å². The molecule has 2 amide bonds. The summed E-state index contributed by atoms with van der Waals surface area (Å²) in [6.45, 7) is 3.47. The highest BCUT2D eigenvalue weighted by Crippen LogP contribution is 2.23. The molecule has 0 unspecified atom stereocenters. The zero-order valence-corrected chi connectivity index (χ0v) is 19.7. The van der Waals surface area contributed by atoms with Gasteiger partial charge in [-0.05, 0) is 61.7 Å². The molecule has 4 aromatic rings. The second kappa shape index (κ2) is 10.0. The van der Waals surface area contributed by atoms with Gasteiger partial charge in [0.1, 0.15) is 18.0 Å². The van der Waals surface area contributed by atoms with Crippen molar-refractivity contribution in [3.8, 4) is 5.75 Å². The number of piperidine rings is 1. The van der Waals surface area contributed by atoms with Gasteiger partial charge in [-0.2, -0.15) is 0 Å². The molecule has 7 nitrogen and oxygen atoms in total. The van der Waals surface area contributed by atoms with Gasteiger partial charge in [0.2, 0.25) is 5.91 Å². The third-order valence-corrected chi connectivity index (χ3v) is 6.31. The second-order valence-corrected chi connectivity index (χ2v) is 8.94. The highest BCUT2D eigenvalue weighted by atomic mass is 16.5. The van der Waals surface area contributed by atoms with Crippen LogP contribution in [0.15, 0.2) is 79.1 Å². The van der Waals surface area contributed by atoms with Crippen LogP contribution in [0.5, 0.6) is 5.75 Å². The van der Waals surface area contributed by atoms with Gasteiger partial charge in [0.15, 0.2) is 0 Å². The van der Waals surface area contributed by atoms with Gasteiger partial charge < -0.3 is 19.4 Å². The van der Waals surface area contributed by atoms with E-state index in [1.165, 1.54) is 0 Å². The zero-order valence-electron chi connectivity index (χ0n) is 19.7. The van der Waals surface area contributed by atoms with Gasteiger partial charge in [0, 0.05) is 42.7 Å². The quantitative estimate of drug-likeness (QED) is 0.445. The Balaban J connectivity index is 1.16. The fraction of sp³-hybridized carbons (Fsp3) is 0.250. The van der Waals surface area contributed by atoms with E-state index in [0.29, 0.717) is 43.9 Å². The number of anilines is 1. The van der Waals surface area contributed by atoms with Gasteiger partial charge in [-0.25, -0.2) is 4.98 Å². The number of hydrogen-bond donors (Lipinski definition) is 1. The smallest absolute Gasteiger partial charge is 0.253 e. The average Bonchev–Trinajstić information content (AvgIpc) is 3.30. The van der Waals surface area contributed by atoms with Crippen LogP contribution in [0.25, 0.3) is 5.65 Å². The molecule has 0 bridgehead atoms. The van der Waals surface area contributed by atoms with Crippen LogP contribution in [-0.2, 0) is 11.4 Å². The van der Waals surface area contributed by atoms with E-state index in [0.717, 1.165) is 22.6 Å². The molecule has 1 aliphatic heterocycles. The Bertz CT molecular complexity index is 1340. The van der Waals surface area contributed by atoms with E-state index in [1.807, 2.05) is 83.2 Å². The van der Waals surface area contributed by atoms with Crippen molar-refractivity contribution in [3.05, 3.63) is 95.9 Å². The van der Waals surface area contributed by atoms with Crippen LogP contribution in [0.4, 0.5) is 5.69 Å². The number of pyridine rings is 1. The SMILES string of the molecule is Cc1ccc2nc(COc3cccc(C(=O)N4CCC(C(=O)Nc5ccccc5)CC4)c3)cn2c1. The Labute approximate surface area is 204 Å². The molecule has 0 spiro atoms. The number of imidazole rings is 1. The number of fused-ring (bicyclic) bond motifs is 1. The van der Waals surface area contributed by atoms with Crippen LogP contribution in [0.2, 0.25) is 0 Å². The summed E-state index contributed by atoms with van der Waals surface area (Å²) in [5.41, 5.74) is 4.24. The molecule has 0 atom stereocenters. The predicted octanol–water partition coefficient (Wildman–Crippen LogP) is 4.71.